The molecule has 1 N–H and O–H groups in total. The first-order chi connectivity index (χ1) is 11.8. The van der Waals surface area contributed by atoms with Crippen molar-refractivity contribution in [1.82, 2.24) is 0 Å². The molecule has 1 aromatic carbocycles. The van der Waals surface area contributed by atoms with E-state index < -0.39 is 12.8 Å². The smallest absolute Gasteiger partial charge is 0.343 e. The third-order valence-corrected chi connectivity index (χ3v) is 7.29. The fourth-order valence-electron chi connectivity index (χ4n) is 2.68. The van der Waals surface area contributed by atoms with Crippen molar-refractivity contribution < 1.29 is 28.3 Å². The SMILES string of the molecule is COc1cc(C(C)(C)C)cc(CCC(=O)C(C)(C)P(=O)(OC)OC)c1O. The fraction of sp³-hybridized carbons (Fsp3) is 0.632. The Bertz CT molecular complexity index is 695. The highest BCUT2D eigenvalue weighted by Gasteiger charge is 2.47. The van der Waals surface area contributed by atoms with Gasteiger partial charge in [0.25, 0.3) is 0 Å². The number of carbonyl (C=O) groups is 1. The summed E-state index contributed by atoms with van der Waals surface area (Å²) in [6, 6.07) is 3.68. The van der Waals surface area contributed by atoms with Crippen LogP contribution in [-0.2, 0) is 30.2 Å². The van der Waals surface area contributed by atoms with E-state index in [0.29, 0.717) is 17.7 Å². The molecule has 0 radical (unpaired) electrons. The Morgan fingerprint density at radius 3 is 2.04 bits per heavy atom. The van der Waals surface area contributed by atoms with Crippen LogP contribution in [0.3, 0.4) is 0 Å². The summed E-state index contributed by atoms with van der Waals surface area (Å²) in [5.74, 6) is 0.135. The Labute approximate surface area is 156 Å². The van der Waals surface area contributed by atoms with E-state index in [1.165, 1.54) is 21.3 Å². The van der Waals surface area contributed by atoms with Crippen molar-refractivity contribution in [2.24, 2.45) is 0 Å². The van der Waals surface area contributed by atoms with Crippen LogP contribution in [0, 0.1) is 0 Å². The normalized spacial score (nSPS) is 12.9. The summed E-state index contributed by atoms with van der Waals surface area (Å²) < 4.78 is 27.9. The monoisotopic (exact) mass is 386 g/mol. The highest BCUT2D eigenvalue weighted by Crippen LogP contribution is 2.59. The highest BCUT2D eigenvalue weighted by molar-refractivity contribution is 7.56. The lowest BCUT2D eigenvalue weighted by atomic mass is 9.85. The van der Waals surface area contributed by atoms with Gasteiger partial charge in [-0.1, -0.05) is 26.8 Å². The zero-order valence-corrected chi connectivity index (χ0v) is 17.9. The molecule has 0 aliphatic carbocycles. The summed E-state index contributed by atoms with van der Waals surface area (Å²) in [5.41, 5.74) is 1.47. The number of hydrogen-bond acceptors (Lipinski definition) is 6. The average molecular weight is 386 g/mol. The average Bonchev–Trinajstić information content (AvgIpc) is 2.58. The van der Waals surface area contributed by atoms with Gasteiger partial charge >= 0.3 is 7.60 Å². The zero-order valence-electron chi connectivity index (χ0n) is 17.0. The molecule has 0 saturated heterocycles. The predicted octanol–water partition coefficient (Wildman–Crippen LogP) is 4.46. The Morgan fingerprint density at radius 2 is 1.62 bits per heavy atom. The molecule has 0 aliphatic heterocycles. The van der Waals surface area contributed by atoms with Crippen LogP contribution in [0.4, 0.5) is 0 Å². The standard InChI is InChI=1S/C19H31O6P/c1-18(2,3)14-11-13(17(21)15(12-14)23-6)9-10-16(20)19(4,5)26(22,24-7)25-8/h11-12,21H,9-10H2,1-8H3. The summed E-state index contributed by atoms with van der Waals surface area (Å²) in [4.78, 5) is 12.7. The molecule has 0 unspecified atom stereocenters. The number of Topliss-reactive ketones (excluding diaryl/α,β-unsaturated/α-hetero) is 1. The maximum absolute atomic E-state index is 12.7. The van der Waals surface area contributed by atoms with Crippen LogP contribution >= 0.6 is 7.60 Å². The molecular weight excluding hydrogens is 355 g/mol. The van der Waals surface area contributed by atoms with Gasteiger partial charge in [0.15, 0.2) is 17.3 Å². The van der Waals surface area contributed by atoms with Crippen LogP contribution < -0.4 is 4.74 Å². The minimum atomic E-state index is -3.56. The van der Waals surface area contributed by atoms with Crippen LogP contribution in [-0.4, -0.2) is 37.4 Å². The molecule has 0 heterocycles. The quantitative estimate of drug-likeness (QED) is 0.664. The van der Waals surface area contributed by atoms with Crippen LogP contribution in [0.25, 0.3) is 0 Å². The summed E-state index contributed by atoms with van der Waals surface area (Å²) in [6.45, 7) is 9.28. The third kappa shape index (κ3) is 4.48. The van der Waals surface area contributed by atoms with Crippen molar-refractivity contribution in [3.63, 3.8) is 0 Å². The number of aromatic hydroxyl groups is 1. The predicted molar refractivity (Wildman–Crippen MR) is 102 cm³/mol. The number of phenolic OH excluding ortho intramolecular Hbond substituents is 1. The number of hydrogen-bond donors (Lipinski definition) is 1. The lowest BCUT2D eigenvalue weighted by Gasteiger charge is -2.29. The van der Waals surface area contributed by atoms with Gasteiger partial charge in [-0.3, -0.25) is 9.36 Å². The molecule has 0 amide bonds. The molecule has 6 nitrogen and oxygen atoms in total. The fourth-order valence-corrected chi connectivity index (χ4v) is 4.16. The second-order valence-electron chi connectivity index (χ2n) is 7.78. The molecule has 0 spiro atoms. The summed E-state index contributed by atoms with van der Waals surface area (Å²) in [6.07, 6.45) is 0.385. The van der Waals surface area contributed by atoms with E-state index in [2.05, 4.69) is 20.8 Å². The molecule has 148 valence electrons. The van der Waals surface area contributed by atoms with E-state index in [9.17, 15) is 14.5 Å². The van der Waals surface area contributed by atoms with Crippen molar-refractivity contribution >= 4 is 13.4 Å². The number of phenols is 1. The minimum absolute atomic E-state index is 0.0211. The molecule has 26 heavy (non-hydrogen) atoms. The van der Waals surface area contributed by atoms with Crippen molar-refractivity contribution in [1.29, 1.82) is 0 Å². The van der Waals surface area contributed by atoms with Crippen molar-refractivity contribution in [2.75, 3.05) is 21.3 Å². The first kappa shape index (κ1) is 22.7. The Morgan fingerprint density at radius 1 is 1.08 bits per heavy atom. The molecule has 0 atom stereocenters. The molecule has 7 heteroatoms. The van der Waals surface area contributed by atoms with E-state index in [0.717, 1.165) is 5.56 Å². The van der Waals surface area contributed by atoms with Gasteiger partial charge in [-0.25, -0.2) is 0 Å². The molecule has 0 fully saturated rings. The van der Waals surface area contributed by atoms with Crippen LogP contribution in [0.2, 0.25) is 0 Å². The topological polar surface area (TPSA) is 82.1 Å². The van der Waals surface area contributed by atoms with Gasteiger partial charge in [0.2, 0.25) is 0 Å². The third-order valence-electron chi connectivity index (χ3n) is 4.71. The highest BCUT2D eigenvalue weighted by atomic mass is 31.2. The molecule has 1 rings (SSSR count). The number of ketones is 1. The molecule has 1 aromatic rings. The number of carbonyl (C=O) groups excluding carboxylic acids is 1. The number of ether oxygens (including phenoxy) is 1. The van der Waals surface area contributed by atoms with Crippen LogP contribution in [0.1, 0.15) is 52.2 Å². The Kier molecular flexibility index (Phi) is 7.08. The van der Waals surface area contributed by atoms with Gasteiger partial charge in [0.1, 0.15) is 5.16 Å². The molecule has 0 aromatic heterocycles. The minimum Gasteiger partial charge on any atom is -0.504 e. The van der Waals surface area contributed by atoms with E-state index in [1.54, 1.807) is 19.9 Å². The lowest BCUT2D eigenvalue weighted by Crippen LogP contribution is -2.33. The first-order valence-electron chi connectivity index (χ1n) is 8.49. The Balaban J connectivity index is 3.14. The maximum atomic E-state index is 12.7. The lowest BCUT2D eigenvalue weighted by molar-refractivity contribution is -0.121. The Hall–Kier alpha value is -1.36. The number of rotatable bonds is 8. The van der Waals surface area contributed by atoms with Crippen molar-refractivity contribution in [3.05, 3.63) is 23.3 Å². The van der Waals surface area contributed by atoms with Crippen molar-refractivity contribution in [3.8, 4) is 11.5 Å². The van der Waals surface area contributed by atoms with Crippen LogP contribution in [0.15, 0.2) is 12.1 Å². The molecular formula is C19H31O6P. The summed E-state index contributed by atoms with van der Waals surface area (Å²) in [5, 5.41) is 9.13. The van der Waals surface area contributed by atoms with E-state index in [-0.39, 0.29) is 23.4 Å². The molecule has 0 aliphatic rings. The summed E-state index contributed by atoms with van der Waals surface area (Å²) >= 11 is 0. The van der Waals surface area contributed by atoms with E-state index >= 15 is 0 Å². The van der Waals surface area contributed by atoms with E-state index in [1.807, 2.05) is 6.07 Å². The van der Waals surface area contributed by atoms with Crippen molar-refractivity contribution in [2.45, 2.75) is 58.0 Å². The van der Waals surface area contributed by atoms with Gasteiger partial charge in [-0.15, -0.1) is 0 Å². The number of methoxy groups -OCH3 is 1. The first-order valence-corrected chi connectivity index (χ1v) is 10.0. The van der Waals surface area contributed by atoms with Gasteiger partial charge in [0.05, 0.1) is 7.11 Å². The van der Waals surface area contributed by atoms with Gasteiger partial charge in [0, 0.05) is 20.6 Å². The zero-order chi connectivity index (χ0) is 20.3. The summed E-state index contributed by atoms with van der Waals surface area (Å²) in [7, 11) is 0.465. The number of aryl methyl sites for hydroxylation is 1. The maximum Gasteiger partial charge on any atom is 0.343 e. The van der Waals surface area contributed by atoms with Gasteiger partial charge < -0.3 is 18.9 Å². The number of benzene rings is 1. The van der Waals surface area contributed by atoms with Gasteiger partial charge in [-0.05, 0) is 42.9 Å². The largest absolute Gasteiger partial charge is 0.504 e. The van der Waals surface area contributed by atoms with Crippen LogP contribution in [0.5, 0.6) is 11.5 Å². The second kappa shape index (κ2) is 8.12. The van der Waals surface area contributed by atoms with E-state index in [4.69, 9.17) is 13.8 Å². The van der Waals surface area contributed by atoms with Gasteiger partial charge in [-0.2, -0.15) is 0 Å². The molecule has 0 bridgehead atoms. The second-order valence-corrected chi connectivity index (χ2v) is 10.6. The molecule has 0 saturated carbocycles.